The first-order valence-electron chi connectivity index (χ1n) is 5.56. The number of aliphatic hydroxyl groups is 1. The average Bonchev–Trinajstić information content (AvgIpc) is 2.28. The van der Waals surface area contributed by atoms with Gasteiger partial charge in [-0.25, -0.2) is 0 Å². The second-order valence-electron chi connectivity index (χ2n) is 4.67. The Labute approximate surface area is 106 Å². The zero-order chi connectivity index (χ0) is 12.4. The molecule has 0 aliphatic rings. The van der Waals surface area contributed by atoms with Crippen molar-refractivity contribution in [1.82, 2.24) is 0 Å². The largest absolute Gasteiger partial charge is 0.385 e. The highest BCUT2D eigenvalue weighted by molar-refractivity contribution is 9.10. The monoisotopic (exact) mass is 285 g/mol. The van der Waals surface area contributed by atoms with Gasteiger partial charge in [0.25, 0.3) is 0 Å². The van der Waals surface area contributed by atoms with E-state index in [1.807, 2.05) is 38.1 Å². The summed E-state index contributed by atoms with van der Waals surface area (Å²) >= 11 is 3.48. The molecule has 1 rings (SSSR count). The van der Waals surface area contributed by atoms with Crippen LogP contribution in [-0.4, -0.2) is 11.7 Å². The first kappa shape index (κ1) is 13.7. The molecular formula is C13H20BrNO. The van der Waals surface area contributed by atoms with E-state index in [1.165, 1.54) is 0 Å². The molecule has 3 N–H and O–H groups in total. The van der Waals surface area contributed by atoms with Gasteiger partial charge in [0.1, 0.15) is 0 Å². The number of benzene rings is 1. The maximum atomic E-state index is 10.8. The van der Waals surface area contributed by atoms with E-state index in [2.05, 4.69) is 22.9 Å². The van der Waals surface area contributed by atoms with Crippen LogP contribution in [0.2, 0.25) is 0 Å². The van der Waals surface area contributed by atoms with Crippen LogP contribution < -0.4 is 5.73 Å². The SMILES string of the molecule is CCC(C)(CN)C(C)(O)c1ccccc1Br. The third kappa shape index (κ3) is 2.17. The lowest BCUT2D eigenvalue weighted by atomic mass is 9.69. The molecule has 2 nitrogen and oxygen atoms in total. The number of hydrogen-bond acceptors (Lipinski definition) is 2. The Morgan fingerprint density at radius 1 is 1.31 bits per heavy atom. The van der Waals surface area contributed by atoms with Crippen molar-refractivity contribution in [2.24, 2.45) is 11.1 Å². The fourth-order valence-electron chi connectivity index (χ4n) is 1.87. The summed E-state index contributed by atoms with van der Waals surface area (Å²) in [6.07, 6.45) is 0.831. The second-order valence-corrected chi connectivity index (χ2v) is 5.52. The summed E-state index contributed by atoms with van der Waals surface area (Å²) in [6.45, 7) is 6.37. The summed E-state index contributed by atoms with van der Waals surface area (Å²) < 4.78 is 0.924. The predicted octanol–water partition coefficient (Wildman–Crippen LogP) is 3.03. The van der Waals surface area contributed by atoms with Crippen molar-refractivity contribution in [3.8, 4) is 0 Å². The molecule has 0 aliphatic carbocycles. The highest BCUT2D eigenvalue weighted by atomic mass is 79.9. The van der Waals surface area contributed by atoms with Gasteiger partial charge in [0, 0.05) is 16.4 Å². The van der Waals surface area contributed by atoms with E-state index < -0.39 is 5.60 Å². The highest BCUT2D eigenvalue weighted by Gasteiger charge is 2.43. The van der Waals surface area contributed by atoms with Crippen LogP contribution in [-0.2, 0) is 5.60 Å². The van der Waals surface area contributed by atoms with Crippen LogP contribution in [0, 0.1) is 5.41 Å². The van der Waals surface area contributed by atoms with Crippen molar-refractivity contribution in [2.75, 3.05) is 6.54 Å². The Bertz CT molecular complexity index is 359. The number of nitrogens with two attached hydrogens (primary N) is 1. The van der Waals surface area contributed by atoms with Gasteiger partial charge >= 0.3 is 0 Å². The summed E-state index contributed by atoms with van der Waals surface area (Å²) in [4.78, 5) is 0. The zero-order valence-electron chi connectivity index (χ0n) is 10.1. The third-order valence-electron chi connectivity index (χ3n) is 3.80. The summed E-state index contributed by atoms with van der Waals surface area (Å²) in [5.41, 5.74) is 5.45. The van der Waals surface area contributed by atoms with E-state index in [9.17, 15) is 5.11 Å². The fourth-order valence-corrected chi connectivity index (χ4v) is 2.54. The number of halogens is 1. The molecule has 0 radical (unpaired) electrons. The molecule has 0 spiro atoms. The Morgan fingerprint density at radius 2 is 1.88 bits per heavy atom. The Kier molecular flexibility index (Phi) is 4.16. The van der Waals surface area contributed by atoms with Gasteiger partial charge in [0.15, 0.2) is 0 Å². The predicted molar refractivity (Wildman–Crippen MR) is 71.2 cm³/mol. The van der Waals surface area contributed by atoms with Crippen molar-refractivity contribution in [1.29, 1.82) is 0 Å². The number of hydrogen-bond donors (Lipinski definition) is 2. The van der Waals surface area contributed by atoms with Gasteiger partial charge in [-0.1, -0.05) is 48.0 Å². The van der Waals surface area contributed by atoms with Crippen molar-refractivity contribution >= 4 is 15.9 Å². The van der Waals surface area contributed by atoms with Crippen molar-refractivity contribution in [3.63, 3.8) is 0 Å². The van der Waals surface area contributed by atoms with Gasteiger partial charge in [-0.15, -0.1) is 0 Å². The van der Waals surface area contributed by atoms with Gasteiger partial charge in [0.2, 0.25) is 0 Å². The zero-order valence-corrected chi connectivity index (χ0v) is 11.7. The molecular weight excluding hydrogens is 266 g/mol. The third-order valence-corrected chi connectivity index (χ3v) is 4.50. The van der Waals surface area contributed by atoms with Gasteiger partial charge in [0.05, 0.1) is 5.60 Å². The smallest absolute Gasteiger partial charge is 0.0944 e. The molecule has 0 bridgehead atoms. The van der Waals surface area contributed by atoms with E-state index in [1.54, 1.807) is 0 Å². The summed E-state index contributed by atoms with van der Waals surface area (Å²) in [5.74, 6) is 0. The van der Waals surface area contributed by atoms with Gasteiger partial charge in [-0.05, 0) is 25.0 Å². The van der Waals surface area contributed by atoms with Crippen molar-refractivity contribution in [2.45, 2.75) is 32.8 Å². The summed E-state index contributed by atoms with van der Waals surface area (Å²) in [7, 11) is 0. The quantitative estimate of drug-likeness (QED) is 0.893. The minimum absolute atomic E-state index is 0.323. The topological polar surface area (TPSA) is 46.2 Å². The minimum Gasteiger partial charge on any atom is -0.385 e. The lowest BCUT2D eigenvalue weighted by Crippen LogP contribution is -2.46. The van der Waals surface area contributed by atoms with E-state index in [4.69, 9.17) is 5.73 Å². The van der Waals surface area contributed by atoms with Crippen LogP contribution in [0.15, 0.2) is 28.7 Å². The summed E-state index contributed by atoms with van der Waals surface area (Å²) in [5, 5.41) is 10.8. The molecule has 0 aliphatic heterocycles. The van der Waals surface area contributed by atoms with Gasteiger partial charge in [-0.2, -0.15) is 0 Å². The van der Waals surface area contributed by atoms with E-state index in [0.717, 1.165) is 16.5 Å². The summed E-state index contributed by atoms with van der Waals surface area (Å²) in [6, 6.07) is 7.75. The molecule has 16 heavy (non-hydrogen) atoms. The fraction of sp³-hybridized carbons (Fsp3) is 0.538. The van der Waals surface area contributed by atoms with Gasteiger partial charge < -0.3 is 10.8 Å². The highest BCUT2D eigenvalue weighted by Crippen LogP contribution is 2.43. The average molecular weight is 286 g/mol. The lowest BCUT2D eigenvalue weighted by Gasteiger charge is -2.42. The number of rotatable bonds is 4. The molecule has 2 atom stereocenters. The minimum atomic E-state index is -0.934. The lowest BCUT2D eigenvalue weighted by molar-refractivity contribution is -0.0651. The van der Waals surface area contributed by atoms with Crippen LogP contribution in [0.5, 0.6) is 0 Å². The molecule has 1 aromatic rings. The second kappa shape index (κ2) is 4.86. The molecule has 0 fully saturated rings. The van der Waals surface area contributed by atoms with Gasteiger partial charge in [-0.3, -0.25) is 0 Å². The normalized spacial score (nSPS) is 18.9. The van der Waals surface area contributed by atoms with Crippen LogP contribution >= 0.6 is 15.9 Å². The molecule has 0 aromatic heterocycles. The Hall–Kier alpha value is -0.380. The van der Waals surface area contributed by atoms with Crippen molar-refractivity contribution in [3.05, 3.63) is 34.3 Å². The molecule has 1 aromatic carbocycles. The van der Waals surface area contributed by atoms with Crippen LogP contribution in [0.3, 0.4) is 0 Å². The van der Waals surface area contributed by atoms with Crippen LogP contribution in [0.4, 0.5) is 0 Å². The molecule has 0 saturated carbocycles. The van der Waals surface area contributed by atoms with Crippen LogP contribution in [0.1, 0.15) is 32.8 Å². The first-order chi connectivity index (χ1) is 7.39. The maximum Gasteiger partial charge on any atom is 0.0944 e. The molecule has 90 valence electrons. The van der Waals surface area contributed by atoms with E-state index in [-0.39, 0.29) is 5.41 Å². The van der Waals surface area contributed by atoms with E-state index >= 15 is 0 Å². The molecule has 0 heterocycles. The Morgan fingerprint density at radius 3 is 2.31 bits per heavy atom. The molecule has 0 amide bonds. The molecule has 3 heteroatoms. The van der Waals surface area contributed by atoms with Crippen molar-refractivity contribution < 1.29 is 5.11 Å². The Balaban J connectivity index is 3.25. The first-order valence-corrected chi connectivity index (χ1v) is 6.36. The van der Waals surface area contributed by atoms with E-state index in [0.29, 0.717) is 6.54 Å². The van der Waals surface area contributed by atoms with Crippen LogP contribution in [0.25, 0.3) is 0 Å². The molecule has 0 saturated heterocycles. The maximum absolute atomic E-state index is 10.8. The molecule has 2 unspecified atom stereocenters. The standard InChI is InChI=1S/C13H20BrNO/c1-4-12(2,9-15)13(3,16)10-7-5-6-8-11(10)14/h5-8,16H,4,9,15H2,1-3H3.